The highest BCUT2D eigenvalue weighted by atomic mass is 16.6. The molecule has 1 aromatic heterocycles. The van der Waals surface area contributed by atoms with Crippen LogP contribution in [0.15, 0.2) is 54.6 Å². The molecule has 0 saturated carbocycles. The minimum absolute atomic E-state index is 0.209. The monoisotopic (exact) mass is 321 g/mol. The van der Waals surface area contributed by atoms with E-state index in [1.54, 1.807) is 29.2 Å². The van der Waals surface area contributed by atoms with Gasteiger partial charge >= 0.3 is 6.09 Å². The molecular formula is C18H15N3O3. The number of fused-ring (bicyclic) bond motifs is 1. The number of cyclic esters (lactones) is 1. The molecule has 1 aliphatic heterocycles. The summed E-state index contributed by atoms with van der Waals surface area (Å²) >= 11 is 0. The highest BCUT2D eigenvalue weighted by molar-refractivity contribution is 6.06. The van der Waals surface area contributed by atoms with Crippen molar-refractivity contribution in [2.24, 2.45) is 0 Å². The third kappa shape index (κ3) is 2.58. The van der Waals surface area contributed by atoms with Crippen LogP contribution in [0.4, 0.5) is 16.2 Å². The predicted octanol–water partition coefficient (Wildman–Crippen LogP) is 3.38. The summed E-state index contributed by atoms with van der Waals surface area (Å²) in [5.74, 6) is -0.209. The fourth-order valence-corrected chi connectivity index (χ4v) is 2.75. The standard InChI is InChI=1S/C18H15N3O3/c22-17(16-11-12-3-1-2-4-15(12)20-16)19-13-5-7-14(8-6-13)21-9-10-24-18(21)23/h1-8,11,20H,9-10H2,(H,19,22). The third-order valence-corrected chi connectivity index (χ3v) is 3.97. The number of benzene rings is 2. The van der Waals surface area contributed by atoms with Crippen molar-refractivity contribution < 1.29 is 14.3 Å². The summed E-state index contributed by atoms with van der Waals surface area (Å²) in [6.07, 6.45) is -0.343. The number of para-hydroxylation sites is 1. The van der Waals surface area contributed by atoms with Gasteiger partial charge in [-0.2, -0.15) is 0 Å². The number of nitrogens with zero attached hydrogens (tertiary/aromatic N) is 1. The molecule has 24 heavy (non-hydrogen) atoms. The Morgan fingerprint density at radius 2 is 1.92 bits per heavy atom. The summed E-state index contributed by atoms with van der Waals surface area (Å²) in [4.78, 5) is 28.5. The van der Waals surface area contributed by atoms with Crippen LogP contribution < -0.4 is 10.2 Å². The number of carbonyl (C=O) groups excluding carboxylic acids is 2. The molecular weight excluding hydrogens is 306 g/mol. The quantitative estimate of drug-likeness (QED) is 0.776. The van der Waals surface area contributed by atoms with Crippen LogP contribution in [0.3, 0.4) is 0 Å². The van der Waals surface area contributed by atoms with E-state index in [2.05, 4.69) is 10.3 Å². The van der Waals surface area contributed by atoms with Gasteiger partial charge < -0.3 is 15.0 Å². The molecule has 2 heterocycles. The summed E-state index contributed by atoms with van der Waals surface area (Å²) in [6.45, 7) is 0.942. The Labute approximate surface area is 138 Å². The number of anilines is 2. The van der Waals surface area contributed by atoms with E-state index in [0.29, 0.717) is 24.5 Å². The maximum absolute atomic E-state index is 12.4. The number of nitrogens with one attached hydrogen (secondary N) is 2. The molecule has 0 atom stereocenters. The lowest BCUT2D eigenvalue weighted by molar-refractivity contribution is 0.102. The molecule has 4 rings (SSSR count). The van der Waals surface area contributed by atoms with E-state index in [1.165, 1.54) is 0 Å². The zero-order valence-corrected chi connectivity index (χ0v) is 12.8. The summed E-state index contributed by atoms with van der Waals surface area (Å²) in [5.41, 5.74) is 2.84. The van der Waals surface area contributed by atoms with Crippen molar-refractivity contribution in [3.05, 3.63) is 60.3 Å². The van der Waals surface area contributed by atoms with Crippen molar-refractivity contribution in [1.82, 2.24) is 4.98 Å². The maximum Gasteiger partial charge on any atom is 0.414 e. The number of carbonyl (C=O) groups is 2. The van der Waals surface area contributed by atoms with E-state index >= 15 is 0 Å². The number of H-pyrrole nitrogens is 1. The van der Waals surface area contributed by atoms with Gasteiger partial charge in [0, 0.05) is 22.3 Å². The number of hydrogen-bond donors (Lipinski definition) is 2. The zero-order chi connectivity index (χ0) is 16.5. The Kier molecular flexibility index (Phi) is 3.42. The Morgan fingerprint density at radius 3 is 2.62 bits per heavy atom. The summed E-state index contributed by atoms with van der Waals surface area (Å²) in [6, 6.07) is 16.6. The van der Waals surface area contributed by atoms with Gasteiger partial charge in [0.2, 0.25) is 0 Å². The van der Waals surface area contributed by atoms with Crippen LogP contribution in [0.25, 0.3) is 10.9 Å². The topological polar surface area (TPSA) is 74.4 Å². The molecule has 6 heteroatoms. The molecule has 3 aromatic rings. The molecule has 0 radical (unpaired) electrons. The van der Waals surface area contributed by atoms with Gasteiger partial charge in [0.25, 0.3) is 5.91 Å². The van der Waals surface area contributed by atoms with Gasteiger partial charge in [0.05, 0.1) is 6.54 Å². The molecule has 0 aliphatic carbocycles. The molecule has 0 unspecified atom stereocenters. The first kappa shape index (κ1) is 14.3. The maximum atomic E-state index is 12.4. The van der Waals surface area contributed by atoms with Crippen LogP contribution in [-0.2, 0) is 4.74 Å². The zero-order valence-electron chi connectivity index (χ0n) is 12.8. The van der Waals surface area contributed by atoms with Gasteiger partial charge in [-0.05, 0) is 36.4 Å². The molecule has 2 amide bonds. The normalized spacial score (nSPS) is 14.0. The first-order valence-corrected chi connectivity index (χ1v) is 7.64. The van der Waals surface area contributed by atoms with E-state index < -0.39 is 0 Å². The van der Waals surface area contributed by atoms with Gasteiger partial charge in [-0.15, -0.1) is 0 Å². The van der Waals surface area contributed by atoms with E-state index in [-0.39, 0.29) is 12.0 Å². The van der Waals surface area contributed by atoms with Crippen LogP contribution in [0.2, 0.25) is 0 Å². The van der Waals surface area contributed by atoms with Gasteiger partial charge in [-0.1, -0.05) is 18.2 Å². The second kappa shape index (κ2) is 5.73. The summed E-state index contributed by atoms with van der Waals surface area (Å²) in [5, 5.41) is 3.83. The number of rotatable bonds is 3. The highest BCUT2D eigenvalue weighted by Crippen LogP contribution is 2.22. The van der Waals surface area contributed by atoms with Gasteiger partial charge in [0.15, 0.2) is 0 Å². The summed E-state index contributed by atoms with van der Waals surface area (Å²) in [7, 11) is 0. The Balaban J connectivity index is 1.50. The number of amides is 2. The average Bonchev–Trinajstić information content (AvgIpc) is 3.21. The van der Waals surface area contributed by atoms with E-state index in [1.807, 2.05) is 30.3 Å². The van der Waals surface area contributed by atoms with Gasteiger partial charge in [-0.25, -0.2) is 4.79 Å². The number of aromatic amines is 1. The largest absolute Gasteiger partial charge is 0.447 e. The molecule has 0 spiro atoms. The minimum Gasteiger partial charge on any atom is -0.447 e. The van der Waals surface area contributed by atoms with Crippen molar-refractivity contribution in [2.75, 3.05) is 23.4 Å². The van der Waals surface area contributed by atoms with Crippen molar-refractivity contribution >= 4 is 34.3 Å². The molecule has 2 N–H and O–H groups in total. The number of hydrogen-bond acceptors (Lipinski definition) is 3. The lowest BCUT2D eigenvalue weighted by Crippen LogP contribution is -2.23. The van der Waals surface area contributed by atoms with Crippen LogP contribution in [0.5, 0.6) is 0 Å². The fourth-order valence-electron chi connectivity index (χ4n) is 2.75. The average molecular weight is 321 g/mol. The molecule has 1 aliphatic rings. The first-order chi connectivity index (χ1) is 11.7. The molecule has 1 saturated heterocycles. The Morgan fingerprint density at radius 1 is 1.12 bits per heavy atom. The van der Waals surface area contributed by atoms with Crippen LogP contribution >= 0.6 is 0 Å². The van der Waals surface area contributed by atoms with Crippen LogP contribution in [-0.4, -0.2) is 30.1 Å². The SMILES string of the molecule is O=C(Nc1ccc(N2CCOC2=O)cc1)c1cc2ccccc2[nH]1. The number of aromatic nitrogens is 1. The van der Waals surface area contributed by atoms with E-state index in [0.717, 1.165) is 16.6 Å². The molecule has 0 bridgehead atoms. The lowest BCUT2D eigenvalue weighted by Gasteiger charge is -2.13. The van der Waals surface area contributed by atoms with Crippen molar-refractivity contribution in [3.63, 3.8) is 0 Å². The first-order valence-electron chi connectivity index (χ1n) is 7.64. The Hall–Kier alpha value is -3.28. The van der Waals surface area contributed by atoms with Gasteiger partial charge in [0.1, 0.15) is 12.3 Å². The van der Waals surface area contributed by atoms with Crippen molar-refractivity contribution in [2.45, 2.75) is 0 Å². The fraction of sp³-hybridized carbons (Fsp3) is 0.111. The second-order valence-corrected chi connectivity index (χ2v) is 5.54. The van der Waals surface area contributed by atoms with Crippen LogP contribution in [0, 0.1) is 0 Å². The van der Waals surface area contributed by atoms with Crippen molar-refractivity contribution in [3.8, 4) is 0 Å². The second-order valence-electron chi connectivity index (χ2n) is 5.54. The molecule has 6 nitrogen and oxygen atoms in total. The molecule has 2 aromatic carbocycles. The molecule has 120 valence electrons. The van der Waals surface area contributed by atoms with Crippen LogP contribution in [0.1, 0.15) is 10.5 Å². The smallest absolute Gasteiger partial charge is 0.414 e. The van der Waals surface area contributed by atoms with E-state index in [4.69, 9.17) is 4.74 Å². The highest BCUT2D eigenvalue weighted by Gasteiger charge is 2.23. The van der Waals surface area contributed by atoms with Gasteiger partial charge in [-0.3, -0.25) is 9.69 Å². The number of ether oxygens (including phenoxy) is 1. The molecule has 1 fully saturated rings. The minimum atomic E-state index is -0.343. The predicted molar refractivity (Wildman–Crippen MR) is 91.4 cm³/mol. The van der Waals surface area contributed by atoms with E-state index in [9.17, 15) is 9.59 Å². The lowest BCUT2D eigenvalue weighted by atomic mass is 10.2. The van der Waals surface area contributed by atoms with Crippen molar-refractivity contribution in [1.29, 1.82) is 0 Å². The third-order valence-electron chi connectivity index (χ3n) is 3.97. The Bertz CT molecular complexity index is 882. The summed E-state index contributed by atoms with van der Waals surface area (Å²) < 4.78 is 4.91.